The second-order valence-electron chi connectivity index (χ2n) is 5.09. The Balaban J connectivity index is 2.09. The van der Waals surface area contributed by atoms with Gasteiger partial charge in [0.2, 0.25) is 0 Å². The number of carbonyl (C=O) groups is 1. The number of amides is 1. The molecule has 0 saturated carbocycles. The van der Waals surface area contributed by atoms with E-state index in [2.05, 4.69) is 5.16 Å². The van der Waals surface area contributed by atoms with Gasteiger partial charge in [-0.25, -0.2) is 0 Å². The highest BCUT2D eigenvalue weighted by molar-refractivity contribution is 6.55. The van der Waals surface area contributed by atoms with Gasteiger partial charge in [0.25, 0.3) is 5.91 Å². The number of hydrogen-bond donors (Lipinski definition) is 0. The van der Waals surface area contributed by atoms with Crippen molar-refractivity contribution in [2.24, 2.45) is 5.16 Å². The number of nitrogens with zero attached hydrogens (tertiary/aromatic N) is 2. The summed E-state index contributed by atoms with van der Waals surface area (Å²) in [6.07, 6.45) is -0.0664. The summed E-state index contributed by atoms with van der Waals surface area (Å²) in [5.41, 5.74) is 2.81. The molecule has 21 heavy (non-hydrogen) atoms. The third kappa shape index (κ3) is 2.40. The van der Waals surface area contributed by atoms with E-state index in [4.69, 9.17) is 4.84 Å². The van der Waals surface area contributed by atoms with Gasteiger partial charge in [0, 0.05) is 11.3 Å². The van der Waals surface area contributed by atoms with Crippen molar-refractivity contribution < 1.29 is 9.63 Å². The molecule has 0 saturated heterocycles. The first-order valence-electron chi connectivity index (χ1n) is 6.91. The van der Waals surface area contributed by atoms with Gasteiger partial charge >= 0.3 is 0 Å². The molecule has 0 bridgehead atoms. The van der Waals surface area contributed by atoms with Gasteiger partial charge < -0.3 is 4.84 Å². The number of carbonyl (C=O) groups excluding carboxylic acids is 1. The Morgan fingerprint density at radius 1 is 1.00 bits per heavy atom. The monoisotopic (exact) mass is 280 g/mol. The van der Waals surface area contributed by atoms with Gasteiger partial charge in [-0.2, -0.15) is 0 Å². The fourth-order valence-electron chi connectivity index (χ4n) is 2.28. The molecule has 4 nitrogen and oxygen atoms in total. The molecule has 2 aromatic carbocycles. The predicted molar refractivity (Wildman–Crippen MR) is 82.8 cm³/mol. The van der Waals surface area contributed by atoms with Gasteiger partial charge in [-0.1, -0.05) is 41.6 Å². The molecular weight excluding hydrogens is 264 g/mol. The van der Waals surface area contributed by atoms with Crippen molar-refractivity contribution in [3.63, 3.8) is 0 Å². The average molecular weight is 280 g/mol. The number of para-hydroxylation sites is 2. The number of benzene rings is 2. The smallest absolute Gasteiger partial charge is 0.285 e. The first-order valence-corrected chi connectivity index (χ1v) is 6.91. The molecule has 2 aromatic rings. The lowest BCUT2D eigenvalue weighted by atomic mass is 10.1. The first-order chi connectivity index (χ1) is 10.2. The van der Waals surface area contributed by atoms with E-state index in [9.17, 15) is 4.79 Å². The van der Waals surface area contributed by atoms with Crippen LogP contribution in [-0.2, 0) is 9.63 Å². The summed E-state index contributed by atoms with van der Waals surface area (Å²) >= 11 is 0. The van der Waals surface area contributed by atoms with Crippen LogP contribution in [0.1, 0.15) is 19.4 Å². The molecule has 0 N–H and O–H groups in total. The minimum Gasteiger partial charge on any atom is -0.392 e. The number of anilines is 2. The number of fused-ring (bicyclic) bond motifs is 1. The van der Waals surface area contributed by atoms with Crippen molar-refractivity contribution in [3.8, 4) is 0 Å². The van der Waals surface area contributed by atoms with E-state index in [1.165, 1.54) is 0 Å². The zero-order valence-electron chi connectivity index (χ0n) is 12.0. The quantitative estimate of drug-likeness (QED) is 0.808. The third-order valence-corrected chi connectivity index (χ3v) is 3.17. The van der Waals surface area contributed by atoms with Crippen LogP contribution in [0.4, 0.5) is 11.4 Å². The van der Waals surface area contributed by atoms with E-state index < -0.39 is 0 Å². The van der Waals surface area contributed by atoms with Crippen molar-refractivity contribution in [1.82, 2.24) is 0 Å². The van der Waals surface area contributed by atoms with Crippen LogP contribution in [0.25, 0.3) is 0 Å². The number of oxime groups is 1. The van der Waals surface area contributed by atoms with Crippen LogP contribution in [-0.4, -0.2) is 17.7 Å². The molecule has 1 aliphatic rings. The third-order valence-electron chi connectivity index (χ3n) is 3.17. The Hall–Kier alpha value is -2.62. The Kier molecular flexibility index (Phi) is 3.44. The molecule has 106 valence electrons. The molecule has 3 rings (SSSR count). The van der Waals surface area contributed by atoms with Crippen LogP contribution < -0.4 is 4.90 Å². The normalized spacial score (nSPS) is 15.7. The van der Waals surface area contributed by atoms with Gasteiger partial charge in [0.05, 0.1) is 5.69 Å². The highest BCUT2D eigenvalue weighted by Crippen LogP contribution is 2.35. The number of rotatable bonds is 3. The van der Waals surface area contributed by atoms with Crippen LogP contribution in [0.15, 0.2) is 59.8 Å². The Labute approximate surface area is 123 Å². The van der Waals surface area contributed by atoms with E-state index in [1.807, 2.05) is 68.4 Å². The first kappa shape index (κ1) is 13.4. The fourth-order valence-corrected chi connectivity index (χ4v) is 2.28. The van der Waals surface area contributed by atoms with Gasteiger partial charge in [-0.05, 0) is 32.0 Å². The minimum absolute atomic E-state index is 0.0664. The van der Waals surface area contributed by atoms with Crippen LogP contribution in [0.3, 0.4) is 0 Å². The average Bonchev–Trinajstić information content (AvgIpc) is 2.78. The molecule has 0 radical (unpaired) electrons. The van der Waals surface area contributed by atoms with E-state index >= 15 is 0 Å². The van der Waals surface area contributed by atoms with Crippen LogP contribution in [0.2, 0.25) is 0 Å². The molecule has 1 amide bonds. The fraction of sp³-hybridized carbons (Fsp3) is 0.176. The van der Waals surface area contributed by atoms with Crippen molar-refractivity contribution in [2.75, 3.05) is 4.90 Å². The van der Waals surface area contributed by atoms with Crippen molar-refractivity contribution in [3.05, 3.63) is 60.2 Å². The van der Waals surface area contributed by atoms with Gasteiger partial charge in [-0.15, -0.1) is 0 Å². The summed E-state index contributed by atoms with van der Waals surface area (Å²) in [5, 5.41) is 4.05. The number of hydrogen-bond acceptors (Lipinski definition) is 3. The topological polar surface area (TPSA) is 41.9 Å². The van der Waals surface area contributed by atoms with Crippen molar-refractivity contribution >= 4 is 23.0 Å². The maximum atomic E-state index is 12.7. The summed E-state index contributed by atoms with van der Waals surface area (Å²) in [4.78, 5) is 19.6. The highest BCUT2D eigenvalue weighted by Gasteiger charge is 2.35. The summed E-state index contributed by atoms with van der Waals surface area (Å²) in [6.45, 7) is 3.76. The molecule has 4 heteroatoms. The zero-order chi connectivity index (χ0) is 14.8. The van der Waals surface area contributed by atoms with Crippen molar-refractivity contribution in [2.45, 2.75) is 20.0 Å². The summed E-state index contributed by atoms with van der Waals surface area (Å²) in [5.74, 6) is -0.164. The van der Waals surface area contributed by atoms with E-state index in [0.29, 0.717) is 5.71 Å². The Morgan fingerprint density at radius 2 is 1.67 bits per heavy atom. The van der Waals surface area contributed by atoms with Crippen molar-refractivity contribution in [1.29, 1.82) is 0 Å². The van der Waals surface area contributed by atoms with Crippen LogP contribution in [0.5, 0.6) is 0 Å². The SMILES string of the molecule is CC(C)O/N=C1/C(=O)N(c2ccccc2)c2ccccc21. The minimum atomic E-state index is -0.164. The highest BCUT2D eigenvalue weighted by atomic mass is 16.6. The molecular formula is C17H16N2O2. The molecule has 1 aliphatic heterocycles. The van der Waals surface area contributed by atoms with Gasteiger partial charge in [0.15, 0.2) is 5.71 Å². The molecule has 0 spiro atoms. The molecule has 0 unspecified atom stereocenters. The van der Waals surface area contributed by atoms with Crippen LogP contribution in [0, 0.1) is 0 Å². The van der Waals surface area contributed by atoms with Gasteiger partial charge in [0.1, 0.15) is 6.10 Å². The Morgan fingerprint density at radius 3 is 2.38 bits per heavy atom. The lowest BCUT2D eigenvalue weighted by molar-refractivity contribution is -0.111. The zero-order valence-corrected chi connectivity index (χ0v) is 12.0. The molecule has 1 heterocycles. The summed E-state index contributed by atoms with van der Waals surface area (Å²) in [6, 6.07) is 17.2. The molecule has 0 fully saturated rings. The van der Waals surface area contributed by atoms with Gasteiger partial charge in [-0.3, -0.25) is 9.69 Å². The second kappa shape index (κ2) is 5.40. The standard InChI is InChI=1S/C17H16N2O2/c1-12(2)21-18-16-14-10-6-7-11-15(14)19(17(16)20)13-8-4-3-5-9-13/h3-12H,1-2H3/b18-16+. The lowest BCUT2D eigenvalue weighted by Crippen LogP contribution is -2.25. The molecule has 0 aliphatic carbocycles. The maximum Gasteiger partial charge on any atom is 0.285 e. The predicted octanol–water partition coefficient (Wildman–Crippen LogP) is 3.49. The van der Waals surface area contributed by atoms with E-state index in [-0.39, 0.29) is 12.0 Å². The molecule has 0 atom stereocenters. The van der Waals surface area contributed by atoms with E-state index in [0.717, 1.165) is 16.9 Å². The summed E-state index contributed by atoms with van der Waals surface area (Å²) < 4.78 is 0. The Bertz CT molecular complexity index is 693. The second-order valence-corrected chi connectivity index (χ2v) is 5.09. The van der Waals surface area contributed by atoms with E-state index in [1.54, 1.807) is 4.90 Å². The maximum absolute atomic E-state index is 12.7. The lowest BCUT2D eigenvalue weighted by Gasteiger charge is -2.16. The largest absolute Gasteiger partial charge is 0.392 e. The molecule has 0 aromatic heterocycles. The summed E-state index contributed by atoms with van der Waals surface area (Å²) in [7, 11) is 0. The van der Waals surface area contributed by atoms with Crippen LogP contribution >= 0.6 is 0 Å².